The van der Waals surface area contributed by atoms with Gasteiger partial charge in [0.15, 0.2) is 0 Å². The molecule has 5 rings (SSSR count). The molecule has 2 N–H and O–H groups in total. The summed E-state index contributed by atoms with van der Waals surface area (Å²) in [6.45, 7) is 3.95. The number of hydrogen-bond donors (Lipinski definition) is 2. The summed E-state index contributed by atoms with van der Waals surface area (Å²) in [6.07, 6.45) is 2.52. The van der Waals surface area contributed by atoms with Crippen LogP contribution in [0.2, 0.25) is 0 Å². The van der Waals surface area contributed by atoms with Gasteiger partial charge < -0.3 is 15.2 Å². The molecule has 1 aromatic heterocycles. The highest BCUT2D eigenvalue weighted by molar-refractivity contribution is 6.15. The molecule has 3 aromatic rings. The summed E-state index contributed by atoms with van der Waals surface area (Å²) in [5, 5.41) is 33.5. The number of nitrogens with one attached hydrogen (secondary N) is 1. The molecule has 33 heavy (non-hydrogen) atoms. The monoisotopic (exact) mass is 446 g/mol. The van der Waals surface area contributed by atoms with Gasteiger partial charge >= 0.3 is 0 Å². The van der Waals surface area contributed by atoms with Crippen molar-refractivity contribution in [1.82, 2.24) is 15.5 Å². The fourth-order valence-electron chi connectivity index (χ4n) is 4.52. The molecule has 0 saturated carbocycles. The standard InChI is InChI=1S/C23H18N4O6/c1-12(2)13-6-7-15-18(10-13)33-23(30)16-4-3-5-17(27(31)32)19(16)20(28)22(15,23)26-21(29)14-8-9-24-25-11-14/h3-12,30H,1-2H3,(H,26,29). The third kappa shape index (κ3) is 2.64. The molecular weight excluding hydrogens is 428 g/mol. The average Bonchev–Trinajstić information content (AvgIpc) is 3.16. The lowest BCUT2D eigenvalue weighted by Gasteiger charge is -2.34. The van der Waals surface area contributed by atoms with Gasteiger partial charge in [-0.1, -0.05) is 38.1 Å². The highest BCUT2D eigenvalue weighted by Gasteiger charge is 2.73. The van der Waals surface area contributed by atoms with Gasteiger partial charge in [-0.25, -0.2) is 0 Å². The zero-order valence-corrected chi connectivity index (χ0v) is 17.6. The maximum absolute atomic E-state index is 13.9. The lowest BCUT2D eigenvalue weighted by molar-refractivity contribution is -0.385. The Hall–Kier alpha value is -4.18. The Bertz CT molecular complexity index is 1340. The van der Waals surface area contributed by atoms with Gasteiger partial charge in [0.25, 0.3) is 17.4 Å². The van der Waals surface area contributed by atoms with Gasteiger partial charge in [-0.05, 0) is 23.6 Å². The summed E-state index contributed by atoms with van der Waals surface area (Å²) in [7, 11) is 0. The first-order chi connectivity index (χ1) is 15.7. The number of carbonyl (C=O) groups excluding carboxylic acids is 2. The second-order valence-corrected chi connectivity index (χ2v) is 8.28. The van der Waals surface area contributed by atoms with E-state index in [0.29, 0.717) is 0 Å². The van der Waals surface area contributed by atoms with Crippen LogP contribution in [0.1, 0.15) is 57.2 Å². The highest BCUT2D eigenvalue weighted by Crippen LogP contribution is 2.59. The van der Waals surface area contributed by atoms with Crippen LogP contribution in [0.5, 0.6) is 5.75 Å². The number of benzene rings is 2. The molecule has 1 aliphatic carbocycles. The largest absolute Gasteiger partial charge is 0.454 e. The number of rotatable bonds is 4. The molecule has 10 nitrogen and oxygen atoms in total. The van der Waals surface area contributed by atoms with Gasteiger partial charge in [0, 0.05) is 17.2 Å². The molecule has 10 heteroatoms. The third-order valence-electron chi connectivity index (χ3n) is 6.16. The summed E-state index contributed by atoms with van der Waals surface area (Å²) < 4.78 is 5.95. The first-order valence-electron chi connectivity index (χ1n) is 10.2. The summed E-state index contributed by atoms with van der Waals surface area (Å²) >= 11 is 0. The third-order valence-corrected chi connectivity index (χ3v) is 6.16. The first-order valence-corrected chi connectivity index (χ1v) is 10.2. The molecule has 0 bridgehead atoms. The molecule has 0 spiro atoms. The average molecular weight is 446 g/mol. The van der Waals surface area contributed by atoms with Crippen LogP contribution in [0.4, 0.5) is 5.69 Å². The number of carbonyl (C=O) groups is 2. The molecule has 2 heterocycles. The Morgan fingerprint density at radius 2 is 1.97 bits per heavy atom. The van der Waals surface area contributed by atoms with Gasteiger partial charge in [0.1, 0.15) is 11.3 Å². The Labute approximate surface area is 187 Å². The minimum Gasteiger partial charge on any atom is -0.454 e. The smallest absolute Gasteiger partial charge is 0.280 e. The number of amides is 1. The molecular formula is C23H18N4O6. The van der Waals surface area contributed by atoms with E-state index in [-0.39, 0.29) is 33.9 Å². The van der Waals surface area contributed by atoms with E-state index >= 15 is 0 Å². The molecule has 1 amide bonds. The number of ketones is 1. The fourth-order valence-corrected chi connectivity index (χ4v) is 4.52. The minimum absolute atomic E-state index is 0.0860. The quantitative estimate of drug-likeness (QED) is 0.459. The predicted molar refractivity (Wildman–Crippen MR) is 114 cm³/mol. The van der Waals surface area contributed by atoms with Crippen LogP contribution in [-0.2, 0) is 11.3 Å². The summed E-state index contributed by atoms with van der Waals surface area (Å²) in [5.41, 5.74) is -1.82. The van der Waals surface area contributed by atoms with Gasteiger partial charge in [0.05, 0.1) is 22.9 Å². The maximum atomic E-state index is 13.9. The Kier molecular flexibility index (Phi) is 4.34. The Balaban J connectivity index is 1.76. The lowest BCUT2D eigenvalue weighted by Crippen LogP contribution is -2.60. The van der Waals surface area contributed by atoms with Crippen molar-refractivity contribution < 1.29 is 24.4 Å². The second-order valence-electron chi connectivity index (χ2n) is 8.28. The summed E-state index contributed by atoms with van der Waals surface area (Å²) in [6, 6.07) is 10.4. The summed E-state index contributed by atoms with van der Waals surface area (Å²) in [5.74, 6) is -3.61. The number of nitro groups is 1. The minimum atomic E-state index is -2.39. The van der Waals surface area contributed by atoms with Crippen molar-refractivity contribution >= 4 is 17.4 Å². The van der Waals surface area contributed by atoms with Crippen molar-refractivity contribution in [3.05, 3.63) is 92.8 Å². The van der Waals surface area contributed by atoms with E-state index < -0.39 is 33.6 Å². The molecule has 2 aliphatic rings. The topological polar surface area (TPSA) is 145 Å². The fraction of sp³-hybridized carbons (Fsp3) is 0.217. The van der Waals surface area contributed by atoms with Crippen LogP contribution in [0.15, 0.2) is 54.9 Å². The molecule has 0 fully saturated rings. The zero-order valence-electron chi connectivity index (χ0n) is 17.6. The van der Waals surface area contributed by atoms with Crippen molar-refractivity contribution in [2.45, 2.75) is 31.1 Å². The van der Waals surface area contributed by atoms with Gasteiger partial charge in [-0.3, -0.25) is 19.7 Å². The lowest BCUT2D eigenvalue weighted by atomic mass is 9.82. The Morgan fingerprint density at radius 1 is 1.18 bits per heavy atom. The second kappa shape index (κ2) is 6.91. The van der Waals surface area contributed by atoms with E-state index in [9.17, 15) is 24.8 Å². The SMILES string of the molecule is CC(C)c1ccc2c(c1)OC1(O)c3cccc([N+](=O)[O-])c3C(=O)C21NC(=O)c1ccnnc1. The van der Waals surface area contributed by atoms with Crippen molar-refractivity contribution in [1.29, 1.82) is 0 Å². The zero-order chi connectivity index (χ0) is 23.5. The predicted octanol–water partition coefficient (Wildman–Crippen LogP) is 2.57. The molecule has 2 aromatic carbocycles. The van der Waals surface area contributed by atoms with E-state index in [1.807, 2.05) is 13.8 Å². The highest BCUT2D eigenvalue weighted by atomic mass is 16.6. The number of aliphatic hydroxyl groups is 1. The van der Waals surface area contributed by atoms with E-state index in [4.69, 9.17) is 4.74 Å². The first kappa shape index (κ1) is 20.7. The number of hydrogen-bond acceptors (Lipinski definition) is 8. The van der Waals surface area contributed by atoms with Crippen molar-refractivity contribution in [3.63, 3.8) is 0 Å². The number of Topliss-reactive ketones (excluding diaryl/α,β-unsaturated/α-hetero) is 1. The number of fused-ring (bicyclic) bond motifs is 5. The van der Waals surface area contributed by atoms with E-state index in [0.717, 1.165) is 5.56 Å². The molecule has 1 aliphatic heterocycles. The summed E-state index contributed by atoms with van der Waals surface area (Å²) in [4.78, 5) is 38.0. The van der Waals surface area contributed by atoms with Crippen molar-refractivity contribution in [3.8, 4) is 5.75 Å². The molecule has 0 saturated heterocycles. The number of nitrogens with zero attached hydrogens (tertiary/aromatic N) is 3. The van der Waals surface area contributed by atoms with Crippen LogP contribution in [0.25, 0.3) is 0 Å². The van der Waals surface area contributed by atoms with Gasteiger partial charge in [-0.15, -0.1) is 0 Å². The van der Waals surface area contributed by atoms with Gasteiger partial charge in [-0.2, -0.15) is 10.2 Å². The molecule has 0 radical (unpaired) electrons. The van der Waals surface area contributed by atoms with Crippen LogP contribution in [-0.4, -0.2) is 31.9 Å². The van der Waals surface area contributed by atoms with Crippen LogP contribution >= 0.6 is 0 Å². The van der Waals surface area contributed by atoms with Crippen molar-refractivity contribution in [2.24, 2.45) is 0 Å². The molecule has 166 valence electrons. The van der Waals surface area contributed by atoms with Crippen LogP contribution < -0.4 is 10.1 Å². The Morgan fingerprint density at radius 3 is 2.64 bits per heavy atom. The number of nitro benzene ring substituents is 1. The maximum Gasteiger partial charge on any atom is 0.280 e. The van der Waals surface area contributed by atoms with Gasteiger partial charge in [0.2, 0.25) is 11.3 Å². The van der Waals surface area contributed by atoms with Crippen LogP contribution in [0.3, 0.4) is 0 Å². The van der Waals surface area contributed by atoms with E-state index in [2.05, 4.69) is 15.5 Å². The number of ether oxygens (including phenoxy) is 1. The molecule has 2 atom stereocenters. The molecule has 2 unspecified atom stereocenters. The van der Waals surface area contributed by atoms with Crippen LogP contribution in [0, 0.1) is 10.1 Å². The normalized spacial score (nSPS) is 22.4. The van der Waals surface area contributed by atoms with E-state index in [1.54, 1.807) is 18.2 Å². The number of aromatic nitrogens is 2. The van der Waals surface area contributed by atoms with Crippen molar-refractivity contribution in [2.75, 3.05) is 0 Å². The van der Waals surface area contributed by atoms with E-state index in [1.165, 1.54) is 36.7 Å².